The van der Waals surface area contributed by atoms with E-state index in [1.165, 1.54) is 6.26 Å². The molecule has 2 atom stereocenters. The van der Waals surface area contributed by atoms with Gasteiger partial charge in [0.1, 0.15) is 0 Å². The van der Waals surface area contributed by atoms with Crippen LogP contribution >= 0.6 is 15.9 Å². The van der Waals surface area contributed by atoms with Gasteiger partial charge in [0.25, 0.3) is 5.91 Å². The summed E-state index contributed by atoms with van der Waals surface area (Å²) in [6.45, 7) is 2.71. The number of hydrogen-bond acceptors (Lipinski definition) is 3. The molecule has 0 saturated carbocycles. The molecular formula is C12H17BrN2O2. The molecule has 1 aliphatic rings. The standard InChI is InChI=1S/C12H17BrN2O2/c1-8(14)10-4-2-3-6-15(10)12(16)11-9(13)5-7-17-11/h5,7-8,10H,2-4,6,14H2,1H3/t8-,10-/m0/s1. The van der Waals surface area contributed by atoms with Crippen LogP contribution in [-0.4, -0.2) is 29.4 Å². The lowest BCUT2D eigenvalue weighted by molar-refractivity contribution is 0.0550. The van der Waals surface area contributed by atoms with E-state index in [0.29, 0.717) is 10.2 Å². The Labute approximate surface area is 109 Å². The SMILES string of the molecule is C[C@H](N)[C@@H]1CCCCN1C(=O)c1occc1Br. The van der Waals surface area contributed by atoms with Gasteiger partial charge in [-0.05, 0) is 48.2 Å². The van der Waals surface area contributed by atoms with Crippen LogP contribution in [0.4, 0.5) is 0 Å². The van der Waals surface area contributed by atoms with Crippen molar-refractivity contribution in [2.75, 3.05) is 6.54 Å². The van der Waals surface area contributed by atoms with Crippen molar-refractivity contribution >= 4 is 21.8 Å². The van der Waals surface area contributed by atoms with Crippen molar-refractivity contribution in [3.05, 3.63) is 22.6 Å². The predicted molar refractivity (Wildman–Crippen MR) is 68.7 cm³/mol. The van der Waals surface area contributed by atoms with Gasteiger partial charge in [0, 0.05) is 18.6 Å². The van der Waals surface area contributed by atoms with E-state index in [1.54, 1.807) is 6.07 Å². The first-order valence-corrected chi connectivity index (χ1v) is 6.70. The zero-order chi connectivity index (χ0) is 12.4. The molecule has 0 bridgehead atoms. The third kappa shape index (κ3) is 2.55. The smallest absolute Gasteiger partial charge is 0.291 e. The summed E-state index contributed by atoms with van der Waals surface area (Å²) >= 11 is 3.32. The summed E-state index contributed by atoms with van der Waals surface area (Å²) in [5, 5.41) is 0. The Morgan fingerprint density at radius 1 is 1.65 bits per heavy atom. The quantitative estimate of drug-likeness (QED) is 0.912. The van der Waals surface area contributed by atoms with Crippen molar-refractivity contribution in [3.63, 3.8) is 0 Å². The Morgan fingerprint density at radius 2 is 2.41 bits per heavy atom. The molecule has 0 aliphatic carbocycles. The van der Waals surface area contributed by atoms with Crippen LogP contribution in [0.5, 0.6) is 0 Å². The maximum atomic E-state index is 12.3. The zero-order valence-corrected chi connectivity index (χ0v) is 11.4. The van der Waals surface area contributed by atoms with Gasteiger partial charge in [-0.2, -0.15) is 0 Å². The Morgan fingerprint density at radius 3 is 3.00 bits per heavy atom. The minimum absolute atomic E-state index is 0.00649. The van der Waals surface area contributed by atoms with Crippen LogP contribution < -0.4 is 5.73 Å². The lowest BCUT2D eigenvalue weighted by Crippen LogP contribution is -2.51. The van der Waals surface area contributed by atoms with Gasteiger partial charge in [0.05, 0.1) is 10.7 Å². The summed E-state index contributed by atoms with van der Waals surface area (Å²) in [6.07, 6.45) is 4.66. The second kappa shape index (κ2) is 5.23. The van der Waals surface area contributed by atoms with Gasteiger partial charge in [-0.25, -0.2) is 0 Å². The number of carbonyl (C=O) groups excluding carboxylic acids is 1. The summed E-state index contributed by atoms with van der Waals surface area (Å²) in [4.78, 5) is 14.2. The van der Waals surface area contributed by atoms with Crippen molar-refractivity contribution in [2.45, 2.75) is 38.3 Å². The van der Waals surface area contributed by atoms with Gasteiger partial charge < -0.3 is 15.1 Å². The van der Waals surface area contributed by atoms with E-state index in [4.69, 9.17) is 10.2 Å². The molecule has 1 aromatic heterocycles. The number of halogens is 1. The molecule has 2 rings (SSSR count). The van der Waals surface area contributed by atoms with Crippen molar-refractivity contribution in [1.29, 1.82) is 0 Å². The molecule has 17 heavy (non-hydrogen) atoms. The number of likely N-dealkylation sites (tertiary alicyclic amines) is 1. The number of piperidine rings is 1. The summed E-state index contributed by atoms with van der Waals surface area (Å²) in [7, 11) is 0. The minimum atomic E-state index is -0.0659. The van der Waals surface area contributed by atoms with Crippen molar-refractivity contribution in [2.24, 2.45) is 5.73 Å². The molecule has 5 heteroatoms. The van der Waals surface area contributed by atoms with Gasteiger partial charge in [-0.1, -0.05) is 0 Å². The molecule has 1 fully saturated rings. The van der Waals surface area contributed by atoms with Crippen LogP contribution in [0.2, 0.25) is 0 Å². The molecule has 4 nitrogen and oxygen atoms in total. The molecular weight excluding hydrogens is 284 g/mol. The van der Waals surface area contributed by atoms with Crippen LogP contribution in [0.1, 0.15) is 36.7 Å². The minimum Gasteiger partial charge on any atom is -0.458 e. The number of amides is 1. The van der Waals surface area contributed by atoms with Crippen LogP contribution in [0.25, 0.3) is 0 Å². The van der Waals surface area contributed by atoms with Crippen LogP contribution in [0.3, 0.4) is 0 Å². The summed E-state index contributed by atoms with van der Waals surface area (Å²) in [5.41, 5.74) is 5.95. The number of hydrogen-bond donors (Lipinski definition) is 1. The summed E-state index contributed by atoms with van der Waals surface area (Å²) in [6, 6.07) is 1.85. The fourth-order valence-electron chi connectivity index (χ4n) is 2.33. The van der Waals surface area contributed by atoms with E-state index in [-0.39, 0.29) is 18.0 Å². The lowest BCUT2D eigenvalue weighted by atomic mass is 9.96. The first-order chi connectivity index (χ1) is 8.11. The largest absolute Gasteiger partial charge is 0.458 e. The monoisotopic (exact) mass is 300 g/mol. The third-order valence-corrected chi connectivity index (χ3v) is 3.85. The third-order valence-electron chi connectivity index (χ3n) is 3.23. The lowest BCUT2D eigenvalue weighted by Gasteiger charge is -2.37. The highest BCUT2D eigenvalue weighted by molar-refractivity contribution is 9.10. The average molecular weight is 301 g/mol. The number of nitrogens with two attached hydrogens (primary N) is 1. The molecule has 0 aromatic carbocycles. The number of furan rings is 1. The van der Waals surface area contributed by atoms with E-state index >= 15 is 0 Å². The molecule has 1 aromatic rings. The van der Waals surface area contributed by atoms with E-state index in [0.717, 1.165) is 25.8 Å². The molecule has 0 unspecified atom stereocenters. The topological polar surface area (TPSA) is 59.5 Å². The van der Waals surface area contributed by atoms with Gasteiger partial charge in [-0.15, -0.1) is 0 Å². The molecule has 2 N–H and O–H groups in total. The van der Waals surface area contributed by atoms with E-state index in [2.05, 4.69) is 15.9 Å². The van der Waals surface area contributed by atoms with Crippen LogP contribution in [0.15, 0.2) is 21.2 Å². The summed E-state index contributed by atoms with van der Waals surface area (Å²) in [5.74, 6) is 0.307. The molecule has 2 heterocycles. The van der Waals surface area contributed by atoms with Crippen molar-refractivity contribution < 1.29 is 9.21 Å². The highest BCUT2D eigenvalue weighted by Gasteiger charge is 2.31. The second-order valence-electron chi connectivity index (χ2n) is 4.52. The second-order valence-corrected chi connectivity index (χ2v) is 5.37. The number of nitrogens with zero attached hydrogens (tertiary/aromatic N) is 1. The molecule has 1 amide bonds. The fraction of sp³-hybridized carbons (Fsp3) is 0.583. The van der Waals surface area contributed by atoms with Gasteiger partial charge in [-0.3, -0.25) is 4.79 Å². The van der Waals surface area contributed by atoms with Gasteiger partial charge in [0.2, 0.25) is 5.76 Å². The number of carbonyl (C=O) groups is 1. The highest BCUT2D eigenvalue weighted by Crippen LogP contribution is 2.25. The molecule has 0 spiro atoms. The van der Waals surface area contributed by atoms with E-state index in [1.807, 2.05) is 11.8 Å². The van der Waals surface area contributed by atoms with E-state index in [9.17, 15) is 4.79 Å². The van der Waals surface area contributed by atoms with Crippen molar-refractivity contribution in [3.8, 4) is 0 Å². The van der Waals surface area contributed by atoms with Crippen molar-refractivity contribution in [1.82, 2.24) is 4.90 Å². The first kappa shape index (κ1) is 12.6. The molecule has 1 saturated heterocycles. The Hall–Kier alpha value is -0.810. The van der Waals surface area contributed by atoms with Gasteiger partial charge >= 0.3 is 0 Å². The maximum absolute atomic E-state index is 12.3. The Bertz CT molecular complexity index is 403. The summed E-state index contributed by atoms with van der Waals surface area (Å²) < 4.78 is 5.93. The maximum Gasteiger partial charge on any atom is 0.291 e. The number of rotatable bonds is 2. The fourth-order valence-corrected chi connectivity index (χ4v) is 2.70. The molecule has 1 aliphatic heterocycles. The Kier molecular flexibility index (Phi) is 3.89. The zero-order valence-electron chi connectivity index (χ0n) is 9.86. The highest BCUT2D eigenvalue weighted by atomic mass is 79.9. The average Bonchev–Trinajstić information content (AvgIpc) is 2.74. The predicted octanol–water partition coefficient (Wildman–Crippen LogP) is 2.38. The molecule has 0 radical (unpaired) electrons. The van der Waals surface area contributed by atoms with E-state index < -0.39 is 0 Å². The van der Waals surface area contributed by atoms with Crippen LogP contribution in [-0.2, 0) is 0 Å². The van der Waals surface area contributed by atoms with Gasteiger partial charge in [0.15, 0.2) is 0 Å². The first-order valence-electron chi connectivity index (χ1n) is 5.91. The molecule has 94 valence electrons. The van der Waals surface area contributed by atoms with Crippen LogP contribution in [0, 0.1) is 0 Å². The Balaban J connectivity index is 2.20. The normalized spacial score (nSPS) is 22.5.